The van der Waals surface area contributed by atoms with Crippen LogP contribution in [-0.4, -0.2) is 32.7 Å². The molecule has 0 saturated heterocycles. The average Bonchev–Trinajstić information content (AvgIpc) is 2.22. The van der Waals surface area contributed by atoms with Gasteiger partial charge in [0.15, 0.2) is 0 Å². The minimum absolute atomic E-state index is 0.0814. The van der Waals surface area contributed by atoms with Crippen molar-refractivity contribution in [2.75, 3.05) is 19.3 Å². The zero-order valence-electron chi connectivity index (χ0n) is 9.82. The second-order valence-corrected chi connectivity index (χ2v) is 5.82. The summed E-state index contributed by atoms with van der Waals surface area (Å²) < 4.78 is 62.2. The highest BCUT2D eigenvalue weighted by Gasteiger charge is 2.26. The Labute approximate surface area is 103 Å². The lowest BCUT2D eigenvalue weighted by atomic mass is 10.2. The van der Waals surface area contributed by atoms with Crippen LogP contribution in [0.25, 0.3) is 0 Å². The number of hydrogen-bond donors (Lipinski definition) is 1. The fraction of sp³-hybridized carbons (Fsp3) is 0.400. The van der Waals surface area contributed by atoms with E-state index in [0.29, 0.717) is 4.31 Å². The molecule has 0 unspecified atom stereocenters. The number of nitrogens with two attached hydrogens (primary N) is 1. The number of rotatable bonds is 4. The summed E-state index contributed by atoms with van der Waals surface area (Å²) in [6, 6.07) is 2.02. The van der Waals surface area contributed by atoms with E-state index in [2.05, 4.69) is 0 Å². The molecule has 0 heterocycles. The highest BCUT2D eigenvalue weighted by atomic mass is 32.2. The van der Waals surface area contributed by atoms with Crippen LogP contribution in [0.2, 0.25) is 0 Å². The number of anilines is 1. The van der Waals surface area contributed by atoms with Gasteiger partial charge in [0.05, 0.1) is 11.4 Å². The number of hydrogen-bond acceptors (Lipinski definition) is 3. The molecule has 8 heteroatoms. The van der Waals surface area contributed by atoms with E-state index >= 15 is 0 Å². The Kier molecular flexibility index (Phi) is 4.23. The van der Waals surface area contributed by atoms with E-state index in [1.54, 1.807) is 0 Å². The number of nitrogens with zero attached hydrogens (tertiary/aromatic N) is 1. The van der Waals surface area contributed by atoms with Crippen molar-refractivity contribution in [2.24, 2.45) is 0 Å². The van der Waals surface area contributed by atoms with Crippen LogP contribution in [0.5, 0.6) is 0 Å². The summed E-state index contributed by atoms with van der Waals surface area (Å²) in [5, 5.41) is 0. The van der Waals surface area contributed by atoms with Gasteiger partial charge in [-0.15, -0.1) is 0 Å². The molecule has 0 atom stereocenters. The molecule has 0 aliphatic heterocycles. The molecule has 0 saturated carbocycles. The van der Waals surface area contributed by atoms with Crippen molar-refractivity contribution in [2.45, 2.75) is 18.2 Å². The molecule has 4 nitrogen and oxygen atoms in total. The lowest BCUT2D eigenvalue weighted by molar-refractivity contribution is 0.126. The summed E-state index contributed by atoms with van der Waals surface area (Å²) in [7, 11) is -3.17. The van der Waals surface area contributed by atoms with Gasteiger partial charge < -0.3 is 5.73 Å². The molecule has 0 spiro atoms. The van der Waals surface area contributed by atoms with E-state index in [9.17, 15) is 21.6 Å². The van der Waals surface area contributed by atoms with Gasteiger partial charge in [0.1, 0.15) is 5.82 Å². The van der Waals surface area contributed by atoms with Crippen LogP contribution >= 0.6 is 0 Å². The van der Waals surface area contributed by atoms with Gasteiger partial charge in [0.2, 0.25) is 10.0 Å². The number of alkyl halides is 2. The average molecular weight is 282 g/mol. The van der Waals surface area contributed by atoms with E-state index in [-0.39, 0.29) is 11.3 Å². The molecular weight excluding hydrogens is 269 g/mol. The topological polar surface area (TPSA) is 63.4 Å². The van der Waals surface area contributed by atoms with Gasteiger partial charge in [0, 0.05) is 18.3 Å². The first kappa shape index (κ1) is 14.8. The molecule has 0 radical (unpaired) electrons. The van der Waals surface area contributed by atoms with E-state index in [4.69, 9.17) is 5.73 Å². The van der Waals surface area contributed by atoms with E-state index in [1.165, 1.54) is 6.92 Å². The third-order valence-electron chi connectivity index (χ3n) is 2.40. The predicted octanol–water partition coefficient (Wildman–Crippen LogP) is 1.60. The minimum atomic E-state index is -4.18. The fourth-order valence-corrected chi connectivity index (χ4v) is 2.82. The monoisotopic (exact) mass is 282 g/mol. The van der Waals surface area contributed by atoms with Crippen molar-refractivity contribution in [1.82, 2.24) is 4.31 Å². The quantitative estimate of drug-likeness (QED) is 0.853. The van der Waals surface area contributed by atoms with E-state index in [1.807, 2.05) is 0 Å². The predicted molar refractivity (Wildman–Crippen MR) is 61.4 cm³/mol. The van der Waals surface area contributed by atoms with Gasteiger partial charge in [-0.2, -0.15) is 4.31 Å². The lowest BCUT2D eigenvalue weighted by Gasteiger charge is -2.18. The molecule has 0 aromatic heterocycles. The summed E-state index contributed by atoms with van der Waals surface area (Å²) >= 11 is 0. The fourth-order valence-electron chi connectivity index (χ4n) is 1.40. The molecule has 18 heavy (non-hydrogen) atoms. The molecule has 0 aliphatic rings. The maximum atomic E-state index is 13.4. The summed E-state index contributed by atoms with van der Waals surface area (Å²) in [4.78, 5) is -0.400. The highest BCUT2D eigenvalue weighted by molar-refractivity contribution is 7.89. The smallest absolute Gasteiger partial charge is 0.252 e. The Morgan fingerprint density at radius 3 is 2.44 bits per heavy atom. The second-order valence-electron chi connectivity index (χ2n) is 3.80. The summed E-state index contributed by atoms with van der Waals surface area (Å²) in [6.45, 7) is 0.288. The van der Waals surface area contributed by atoms with Gasteiger partial charge in [-0.1, -0.05) is 0 Å². The molecule has 1 rings (SSSR count). The summed E-state index contributed by atoms with van der Waals surface area (Å²) in [5.74, 6) is -0.793. The molecule has 1 aromatic carbocycles. The van der Waals surface area contributed by atoms with Crippen molar-refractivity contribution < 1.29 is 21.6 Å². The standard InChI is InChI=1S/C10H13F3N2O2S/c1-6-8(11)3-7(14)4-9(6)18(16,17)15(2)5-10(12)13/h3-4,10H,5,14H2,1-2H3. The SMILES string of the molecule is Cc1c(F)cc(N)cc1S(=O)(=O)N(C)CC(F)F. The Bertz CT molecular complexity index is 546. The van der Waals surface area contributed by atoms with Crippen LogP contribution in [-0.2, 0) is 10.0 Å². The Morgan fingerprint density at radius 2 is 1.94 bits per heavy atom. The third kappa shape index (κ3) is 2.94. The van der Waals surface area contributed by atoms with Gasteiger partial charge in [-0.05, 0) is 19.1 Å². The number of benzene rings is 1. The molecular formula is C10H13F3N2O2S. The normalized spacial score (nSPS) is 12.4. The first-order valence-corrected chi connectivity index (χ1v) is 6.40. The molecule has 0 amide bonds. The molecule has 0 aliphatic carbocycles. The second kappa shape index (κ2) is 5.15. The van der Waals surface area contributed by atoms with Gasteiger partial charge in [-0.3, -0.25) is 0 Å². The zero-order chi connectivity index (χ0) is 14.1. The number of sulfonamides is 1. The Balaban J connectivity index is 3.29. The number of nitrogen functional groups attached to an aromatic ring is 1. The largest absolute Gasteiger partial charge is 0.399 e. The summed E-state index contributed by atoms with van der Waals surface area (Å²) in [6.07, 6.45) is -2.81. The number of halogens is 3. The first-order valence-electron chi connectivity index (χ1n) is 4.96. The third-order valence-corrected chi connectivity index (χ3v) is 4.35. The zero-order valence-corrected chi connectivity index (χ0v) is 10.6. The maximum absolute atomic E-state index is 13.4. The Hall–Kier alpha value is -1.28. The van der Waals surface area contributed by atoms with Gasteiger partial charge in [0.25, 0.3) is 6.43 Å². The van der Waals surface area contributed by atoms with E-state index in [0.717, 1.165) is 19.2 Å². The summed E-state index contributed by atoms with van der Waals surface area (Å²) in [5.41, 5.74) is 5.13. The molecule has 2 N–H and O–H groups in total. The van der Waals surface area contributed by atoms with Gasteiger partial charge >= 0.3 is 0 Å². The Morgan fingerprint density at radius 1 is 1.39 bits per heavy atom. The van der Waals surface area contributed by atoms with Crippen LogP contribution < -0.4 is 5.73 Å². The van der Waals surface area contributed by atoms with E-state index < -0.39 is 33.7 Å². The lowest BCUT2D eigenvalue weighted by Crippen LogP contribution is -2.32. The van der Waals surface area contributed by atoms with Crippen LogP contribution in [0.15, 0.2) is 17.0 Å². The highest BCUT2D eigenvalue weighted by Crippen LogP contribution is 2.24. The van der Waals surface area contributed by atoms with Crippen molar-refractivity contribution >= 4 is 15.7 Å². The van der Waals surface area contributed by atoms with Crippen LogP contribution in [0.1, 0.15) is 5.56 Å². The van der Waals surface area contributed by atoms with Crippen LogP contribution in [0.4, 0.5) is 18.9 Å². The molecule has 102 valence electrons. The van der Waals surface area contributed by atoms with Crippen molar-refractivity contribution in [3.63, 3.8) is 0 Å². The minimum Gasteiger partial charge on any atom is -0.399 e. The van der Waals surface area contributed by atoms with Crippen molar-refractivity contribution in [3.8, 4) is 0 Å². The van der Waals surface area contributed by atoms with Crippen LogP contribution in [0.3, 0.4) is 0 Å². The van der Waals surface area contributed by atoms with Crippen molar-refractivity contribution in [3.05, 3.63) is 23.5 Å². The maximum Gasteiger partial charge on any atom is 0.252 e. The molecule has 1 aromatic rings. The van der Waals surface area contributed by atoms with Gasteiger partial charge in [-0.25, -0.2) is 21.6 Å². The van der Waals surface area contributed by atoms with Crippen LogP contribution in [0, 0.1) is 12.7 Å². The first-order chi connectivity index (χ1) is 8.16. The van der Waals surface area contributed by atoms with Crippen molar-refractivity contribution in [1.29, 1.82) is 0 Å². The molecule has 0 fully saturated rings. The molecule has 0 bridgehead atoms.